The lowest BCUT2D eigenvalue weighted by molar-refractivity contribution is -0.380. The van der Waals surface area contributed by atoms with E-state index in [1.54, 1.807) is 6.92 Å². The summed E-state index contributed by atoms with van der Waals surface area (Å²) in [5.74, 6) is -0.315. The molecule has 0 bridgehead atoms. The smallest absolute Gasteiger partial charge is 0.326 e. The molecule has 0 radical (unpaired) electrons. The van der Waals surface area contributed by atoms with E-state index in [0.717, 1.165) is 11.3 Å². The zero-order valence-corrected chi connectivity index (χ0v) is 8.87. The molecule has 0 unspecified atom stereocenters. The Balaban J connectivity index is 2.50. The third-order valence-electron chi connectivity index (χ3n) is 1.49. The fraction of sp³-hybridized carbons (Fsp3) is 0.375. The lowest BCUT2D eigenvalue weighted by Gasteiger charge is -2.01. The molecule has 0 aliphatic carbocycles. The highest BCUT2D eigenvalue weighted by atomic mass is 32.1. The number of thiophene rings is 1. The van der Waals surface area contributed by atoms with Crippen molar-refractivity contribution in [1.29, 1.82) is 0 Å². The molecule has 0 saturated heterocycles. The molecule has 1 heterocycles. The summed E-state index contributed by atoms with van der Waals surface area (Å²) in [4.78, 5) is 21.0. The van der Waals surface area contributed by atoms with Crippen LogP contribution in [-0.2, 0) is 9.53 Å². The van der Waals surface area contributed by atoms with Crippen LogP contribution in [0.3, 0.4) is 0 Å². The number of nitro groups is 1. The first-order valence-electron chi connectivity index (χ1n) is 4.24. The predicted octanol–water partition coefficient (Wildman–Crippen LogP) is 1.63. The van der Waals surface area contributed by atoms with Gasteiger partial charge in [-0.25, -0.2) is 0 Å². The SMILES string of the molecule is CCOCC(=O)Nc1csc([N+](=O)[O-])c1. The van der Waals surface area contributed by atoms with Crippen molar-refractivity contribution in [1.82, 2.24) is 0 Å². The van der Waals surface area contributed by atoms with E-state index in [-0.39, 0.29) is 17.5 Å². The molecule has 0 fully saturated rings. The van der Waals surface area contributed by atoms with E-state index < -0.39 is 4.92 Å². The van der Waals surface area contributed by atoms with E-state index in [4.69, 9.17) is 4.74 Å². The second kappa shape index (κ2) is 5.42. The molecule has 82 valence electrons. The normalized spacial score (nSPS) is 9.93. The van der Waals surface area contributed by atoms with Gasteiger partial charge >= 0.3 is 5.00 Å². The van der Waals surface area contributed by atoms with Crippen molar-refractivity contribution < 1.29 is 14.5 Å². The monoisotopic (exact) mass is 230 g/mol. The molecule has 1 rings (SSSR count). The van der Waals surface area contributed by atoms with Gasteiger partial charge in [0.1, 0.15) is 6.61 Å². The van der Waals surface area contributed by atoms with Crippen molar-refractivity contribution in [2.24, 2.45) is 0 Å². The van der Waals surface area contributed by atoms with Gasteiger partial charge in [-0.3, -0.25) is 14.9 Å². The Morgan fingerprint density at radius 2 is 2.47 bits per heavy atom. The summed E-state index contributed by atoms with van der Waals surface area (Å²) in [6.07, 6.45) is 0. The largest absolute Gasteiger partial charge is 0.372 e. The minimum Gasteiger partial charge on any atom is -0.372 e. The summed E-state index contributed by atoms with van der Waals surface area (Å²) >= 11 is 0.969. The number of carbonyl (C=O) groups is 1. The highest BCUT2D eigenvalue weighted by Gasteiger charge is 2.11. The van der Waals surface area contributed by atoms with Crippen molar-refractivity contribution >= 4 is 27.9 Å². The fourth-order valence-electron chi connectivity index (χ4n) is 0.878. The third-order valence-corrected chi connectivity index (χ3v) is 2.37. The molecule has 0 saturated carbocycles. The van der Waals surface area contributed by atoms with Crippen LogP contribution >= 0.6 is 11.3 Å². The van der Waals surface area contributed by atoms with Gasteiger partial charge in [-0.1, -0.05) is 11.3 Å². The lowest BCUT2D eigenvalue weighted by atomic mass is 10.5. The maximum atomic E-state index is 11.1. The predicted molar refractivity (Wildman–Crippen MR) is 56.1 cm³/mol. The lowest BCUT2D eigenvalue weighted by Crippen LogP contribution is -2.17. The molecule has 0 aromatic carbocycles. The van der Waals surface area contributed by atoms with Gasteiger partial charge in [0.15, 0.2) is 0 Å². The van der Waals surface area contributed by atoms with Crippen LogP contribution in [0.25, 0.3) is 0 Å². The quantitative estimate of drug-likeness (QED) is 0.615. The van der Waals surface area contributed by atoms with Crippen molar-refractivity contribution in [2.45, 2.75) is 6.92 Å². The van der Waals surface area contributed by atoms with Crippen molar-refractivity contribution in [3.8, 4) is 0 Å². The first-order valence-corrected chi connectivity index (χ1v) is 5.12. The summed E-state index contributed by atoms with van der Waals surface area (Å²) < 4.78 is 4.88. The summed E-state index contributed by atoms with van der Waals surface area (Å²) in [5, 5.41) is 14.4. The average Bonchev–Trinajstić information content (AvgIpc) is 2.63. The Morgan fingerprint density at radius 3 is 3.00 bits per heavy atom. The highest BCUT2D eigenvalue weighted by Crippen LogP contribution is 2.25. The van der Waals surface area contributed by atoms with Crippen LogP contribution in [0.15, 0.2) is 11.4 Å². The fourth-order valence-corrected chi connectivity index (χ4v) is 1.53. The molecule has 0 spiro atoms. The topological polar surface area (TPSA) is 81.5 Å². The van der Waals surface area contributed by atoms with Gasteiger partial charge in [-0.2, -0.15) is 0 Å². The molecule has 0 atom stereocenters. The molecule has 0 aliphatic rings. The Labute approximate surface area is 90.0 Å². The van der Waals surface area contributed by atoms with Crippen LogP contribution in [0.1, 0.15) is 6.92 Å². The van der Waals surface area contributed by atoms with Gasteiger partial charge in [0.25, 0.3) is 0 Å². The van der Waals surface area contributed by atoms with Crippen LogP contribution in [0.4, 0.5) is 10.7 Å². The number of amides is 1. The highest BCUT2D eigenvalue weighted by molar-refractivity contribution is 7.13. The first-order chi connectivity index (χ1) is 7.13. The van der Waals surface area contributed by atoms with Gasteiger partial charge in [0, 0.05) is 12.0 Å². The minimum absolute atomic E-state index is 0.00158. The summed E-state index contributed by atoms with van der Waals surface area (Å²) in [6, 6.07) is 1.31. The molecular weight excluding hydrogens is 220 g/mol. The van der Waals surface area contributed by atoms with Crippen molar-refractivity contribution in [3.05, 3.63) is 21.6 Å². The number of anilines is 1. The van der Waals surface area contributed by atoms with Gasteiger partial charge < -0.3 is 10.1 Å². The minimum atomic E-state index is -0.497. The van der Waals surface area contributed by atoms with Crippen LogP contribution < -0.4 is 5.32 Å². The van der Waals surface area contributed by atoms with Gasteiger partial charge in [-0.15, -0.1) is 0 Å². The van der Waals surface area contributed by atoms with Crippen LogP contribution in [0.5, 0.6) is 0 Å². The number of hydrogen-bond donors (Lipinski definition) is 1. The number of ether oxygens (including phenoxy) is 1. The van der Waals surface area contributed by atoms with E-state index in [0.29, 0.717) is 12.3 Å². The maximum absolute atomic E-state index is 11.1. The molecular formula is C8H10N2O4S. The van der Waals surface area contributed by atoms with E-state index in [9.17, 15) is 14.9 Å². The van der Waals surface area contributed by atoms with E-state index in [2.05, 4.69) is 5.32 Å². The van der Waals surface area contributed by atoms with E-state index in [1.165, 1.54) is 11.4 Å². The Morgan fingerprint density at radius 1 is 1.73 bits per heavy atom. The second-order valence-electron chi connectivity index (χ2n) is 2.62. The van der Waals surface area contributed by atoms with Gasteiger partial charge in [-0.05, 0) is 6.92 Å². The molecule has 1 N–H and O–H groups in total. The van der Waals surface area contributed by atoms with Gasteiger partial charge in [0.2, 0.25) is 5.91 Å². The molecule has 1 aromatic heterocycles. The Bertz CT molecular complexity index is 363. The molecule has 7 heteroatoms. The number of nitrogens with zero attached hydrogens (tertiary/aromatic N) is 1. The Hall–Kier alpha value is -1.47. The summed E-state index contributed by atoms with van der Waals surface area (Å²) in [5.41, 5.74) is 0.427. The third kappa shape index (κ3) is 3.64. The van der Waals surface area contributed by atoms with E-state index >= 15 is 0 Å². The first kappa shape index (κ1) is 11.6. The Kier molecular flexibility index (Phi) is 4.19. The molecule has 0 aliphatic heterocycles. The summed E-state index contributed by atoms with van der Waals surface area (Å²) in [6.45, 7) is 2.19. The number of rotatable bonds is 5. The van der Waals surface area contributed by atoms with Crippen LogP contribution in [-0.4, -0.2) is 24.0 Å². The number of hydrogen-bond acceptors (Lipinski definition) is 5. The number of nitrogens with one attached hydrogen (secondary N) is 1. The second-order valence-corrected chi connectivity index (χ2v) is 3.51. The summed E-state index contributed by atoms with van der Waals surface area (Å²) in [7, 11) is 0. The zero-order valence-electron chi connectivity index (χ0n) is 8.06. The van der Waals surface area contributed by atoms with Crippen molar-refractivity contribution in [2.75, 3.05) is 18.5 Å². The average molecular weight is 230 g/mol. The van der Waals surface area contributed by atoms with Crippen molar-refractivity contribution in [3.63, 3.8) is 0 Å². The molecule has 1 aromatic rings. The van der Waals surface area contributed by atoms with E-state index in [1.807, 2.05) is 0 Å². The van der Waals surface area contributed by atoms with Crippen LogP contribution in [0, 0.1) is 10.1 Å². The molecule has 1 amide bonds. The van der Waals surface area contributed by atoms with Gasteiger partial charge in [0.05, 0.1) is 16.7 Å². The maximum Gasteiger partial charge on any atom is 0.326 e. The molecule has 15 heavy (non-hydrogen) atoms. The standard InChI is InChI=1S/C8H10N2O4S/c1-2-14-4-7(11)9-6-3-8(10(12)13)15-5-6/h3,5H,2,4H2,1H3,(H,9,11). The zero-order chi connectivity index (χ0) is 11.3. The number of carbonyl (C=O) groups excluding carboxylic acids is 1. The van der Waals surface area contributed by atoms with Crippen LogP contribution in [0.2, 0.25) is 0 Å². The molecule has 6 nitrogen and oxygen atoms in total.